The topological polar surface area (TPSA) is 59.1 Å². The quantitative estimate of drug-likeness (QED) is 0.729. The van der Waals surface area contributed by atoms with Gasteiger partial charge >= 0.3 is 5.97 Å². The average molecular weight is 386 g/mol. The molecule has 0 radical (unpaired) electrons. The predicted molar refractivity (Wildman–Crippen MR) is 105 cm³/mol. The van der Waals surface area contributed by atoms with Gasteiger partial charge in [0.05, 0.1) is 12.7 Å². The van der Waals surface area contributed by atoms with Crippen LogP contribution in [0.5, 0.6) is 5.75 Å². The number of esters is 1. The lowest BCUT2D eigenvalue weighted by atomic mass is 9.74. The minimum Gasteiger partial charge on any atom is -0.497 e. The summed E-state index contributed by atoms with van der Waals surface area (Å²) in [5.41, 5.74) is 0.963. The third kappa shape index (κ3) is 3.50. The number of likely N-dealkylation sites (tertiary alicyclic amines) is 1. The third-order valence-electron chi connectivity index (χ3n) is 6.69. The van der Waals surface area contributed by atoms with Crippen LogP contribution in [0.15, 0.2) is 18.2 Å². The number of carbonyl (C=O) groups is 2. The number of likely N-dealkylation sites (N-methyl/N-ethyl adjacent to an activating group) is 1. The molecule has 0 atom stereocenters. The van der Waals surface area contributed by atoms with E-state index in [4.69, 9.17) is 9.47 Å². The van der Waals surface area contributed by atoms with E-state index in [-0.39, 0.29) is 17.8 Å². The molecular weight excluding hydrogens is 356 g/mol. The number of nitrogens with zero attached hydrogens (tertiary/aromatic N) is 2. The molecule has 6 nitrogen and oxygen atoms in total. The first kappa shape index (κ1) is 19.2. The van der Waals surface area contributed by atoms with E-state index in [1.165, 1.54) is 12.8 Å². The van der Waals surface area contributed by atoms with Gasteiger partial charge in [-0.3, -0.25) is 4.79 Å². The van der Waals surface area contributed by atoms with Gasteiger partial charge in [0.2, 0.25) is 5.91 Å². The monoisotopic (exact) mass is 386 g/mol. The van der Waals surface area contributed by atoms with Crippen LogP contribution in [0.1, 0.15) is 54.4 Å². The van der Waals surface area contributed by atoms with Crippen molar-refractivity contribution in [3.63, 3.8) is 0 Å². The highest BCUT2D eigenvalue weighted by Gasteiger charge is 2.48. The van der Waals surface area contributed by atoms with Gasteiger partial charge in [-0.15, -0.1) is 0 Å². The molecule has 1 spiro atoms. The highest BCUT2D eigenvalue weighted by molar-refractivity contribution is 5.95. The van der Waals surface area contributed by atoms with Crippen molar-refractivity contribution in [2.75, 3.05) is 40.3 Å². The summed E-state index contributed by atoms with van der Waals surface area (Å²) in [4.78, 5) is 29.5. The number of hydrogen-bond acceptors (Lipinski definition) is 5. The summed E-state index contributed by atoms with van der Waals surface area (Å²) < 4.78 is 11.2. The highest BCUT2D eigenvalue weighted by atomic mass is 16.6. The van der Waals surface area contributed by atoms with Crippen molar-refractivity contribution >= 4 is 11.9 Å². The summed E-state index contributed by atoms with van der Waals surface area (Å²) in [6.07, 6.45) is 5.42. The SMILES string of the molecule is COc1ccc2c(c1)C1(CCC(C(=O)N(C)CCN3CCCC3)CC1)OC2=O. The van der Waals surface area contributed by atoms with Crippen LogP contribution in [0.4, 0.5) is 0 Å². The summed E-state index contributed by atoms with van der Waals surface area (Å²) in [7, 11) is 3.54. The molecule has 1 amide bonds. The zero-order chi connectivity index (χ0) is 19.7. The number of ether oxygens (including phenoxy) is 2. The fourth-order valence-electron chi connectivity index (χ4n) is 4.91. The maximum absolute atomic E-state index is 12.9. The second kappa shape index (κ2) is 7.74. The molecule has 0 unspecified atom stereocenters. The second-order valence-corrected chi connectivity index (χ2v) is 8.38. The highest BCUT2D eigenvalue weighted by Crippen LogP contribution is 2.49. The Labute approximate surface area is 166 Å². The second-order valence-electron chi connectivity index (χ2n) is 8.38. The van der Waals surface area contributed by atoms with Gasteiger partial charge in [-0.1, -0.05) is 0 Å². The summed E-state index contributed by atoms with van der Waals surface area (Å²) in [6, 6.07) is 5.50. The maximum Gasteiger partial charge on any atom is 0.339 e. The van der Waals surface area contributed by atoms with Crippen LogP contribution in [0.3, 0.4) is 0 Å². The first-order valence-corrected chi connectivity index (χ1v) is 10.4. The molecule has 1 aliphatic carbocycles. The molecule has 6 heteroatoms. The molecule has 0 aromatic heterocycles. The zero-order valence-electron chi connectivity index (χ0n) is 16.9. The van der Waals surface area contributed by atoms with Gasteiger partial charge in [0.1, 0.15) is 11.4 Å². The van der Waals surface area contributed by atoms with E-state index in [0.29, 0.717) is 18.4 Å². The lowest BCUT2D eigenvalue weighted by Gasteiger charge is -2.37. The lowest BCUT2D eigenvalue weighted by Crippen LogP contribution is -2.41. The van der Waals surface area contributed by atoms with E-state index in [0.717, 1.165) is 50.3 Å². The molecule has 0 N–H and O–H groups in total. The van der Waals surface area contributed by atoms with E-state index in [1.54, 1.807) is 19.2 Å². The third-order valence-corrected chi connectivity index (χ3v) is 6.69. The largest absolute Gasteiger partial charge is 0.497 e. The van der Waals surface area contributed by atoms with Gasteiger partial charge in [0.25, 0.3) is 0 Å². The van der Waals surface area contributed by atoms with E-state index < -0.39 is 5.60 Å². The van der Waals surface area contributed by atoms with Crippen LogP contribution in [0.2, 0.25) is 0 Å². The molecule has 28 heavy (non-hydrogen) atoms. The molecular formula is C22H30N2O4. The average Bonchev–Trinajstić information content (AvgIpc) is 3.33. The Morgan fingerprint density at radius 1 is 1.29 bits per heavy atom. The first-order chi connectivity index (χ1) is 13.5. The van der Waals surface area contributed by atoms with Crippen molar-refractivity contribution in [3.8, 4) is 5.75 Å². The molecule has 1 aromatic carbocycles. The van der Waals surface area contributed by atoms with Crippen molar-refractivity contribution in [1.82, 2.24) is 9.80 Å². The van der Waals surface area contributed by atoms with E-state index in [9.17, 15) is 9.59 Å². The number of hydrogen-bond donors (Lipinski definition) is 0. The molecule has 1 saturated heterocycles. The van der Waals surface area contributed by atoms with Crippen LogP contribution >= 0.6 is 0 Å². The molecule has 0 bridgehead atoms. The Hall–Kier alpha value is -2.08. The van der Waals surface area contributed by atoms with Gasteiger partial charge < -0.3 is 19.3 Å². The van der Waals surface area contributed by atoms with Gasteiger partial charge in [-0.25, -0.2) is 4.79 Å². The van der Waals surface area contributed by atoms with Crippen molar-refractivity contribution < 1.29 is 19.1 Å². The normalized spacial score (nSPS) is 26.9. The fourth-order valence-corrected chi connectivity index (χ4v) is 4.91. The number of benzene rings is 1. The number of carbonyl (C=O) groups excluding carboxylic acids is 2. The first-order valence-electron chi connectivity index (χ1n) is 10.4. The van der Waals surface area contributed by atoms with E-state index in [2.05, 4.69) is 4.90 Å². The Morgan fingerprint density at radius 2 is 2.00 bits per heavy atom. The van der Waals surface area contributed by atoms with Crippen molar-refractivity contribution in [2.24, 2.45) is 5.92 Å². The molecule has 2 heterocycles. The Balaban J connectivity index is 1.38. The maximum atomic E-state index is 12.9. The minimum atomic E-state index is -0.591. The smallest absolute Gasteiger partial charge is 0.339 e. The van der Waals surface area contributed by atoms with Crippen LogP contribution in [-0.2, 0) is 15.1 Å². The molecule has 1 aromatic rings. The van der Waals surface area contributed by atoms with Gasteiger partial charge in [-0.2, -0.15) is 0 Å². The molecule has 152 valence electrons. The molecule has 3 aliphatic rings. The minimum absolute atomic E-state index is 0.0163. The Morgan fingerprint density at radius 3 is 2.68 bits per heavy atom. The number of methoxy groups -OCH3 is 1. The van der Waals surface area contributed by atoms with Crippen molar-refractivity contribution in [2.45, 2.75) is 44.1 Å². The zero-order valence-corrected chi connectivity index (χ0v) is 16.9. The summed E-state index contributed by atoms with van der Waals surface area (Å²) in [5, 5.41) is 0. The van der Waals surface area contributed by atoms with Gasteiger partial charge in [-0.05, 0) is 69.8 Å². The fraction of sp³-hybridized carbons (Fsp3) is 0.636. The number of amides is 1. The summed E-state index contributed by atoms with van der Waals surface area (Å²) in [6.45, 7) is 4.06. The standard InChI is InChI=1S/C22H30N2O4/c1-23(13-14-24-11-3-4-12-24)20(25)16-7-9-22(10-8-16)19-15-17(27-2)5-6-18(19)21(26)28-22/h5-6,15-16H,3-4,7-14H2,1-2H3. The van der Waals surface area contributed by atoms with Crippen molar-refractivity contribution in [1.29, 1.82) is 0 Å². The van der Waals surface area contributed by atoms with Crippen LogP contribution < -0.4 is 4.74 Å². The van der Waals surface area contributed by atoms with Crippen LogP contribution in [-0.4, -0.2) is 62.0 Å². The lowest BCUT2D eigenvalue weighted by molar-refractivity contribution is -0.137. The summed E-state index contributed by atoms with van der Waals surface area (Å²) in [5.74, 6) is 0.716. The molecule has 4 rings (SSSR count). The molecule has 1 saturated carbocycles. The predicted octanol–water partition coefficient (Wildman–Crippen LogP) is 2.81. The molecule has 2 fully saturated rings. The summed E-state index contributed by atoms with van der Waals surface area (Å²) >= 11 is 0. The molecule has 2 aliphatic heterocycles. The van der Waals surface area contributed by atoms with Crippen LogP contribution in [0, 0.1) is 5.92 Å². The number of rotatable bonds is 5. The Bertz CT molecular complexity index is 749. The van der Waals surface area contributed by atoms with E-state index in [1.807, 2.05) is 18.0 Å². The van der Waals surface area contributed by atoms with Gasteiger partial charge in [0.15, 0.2) is 0 Å². The van der Waals surface area contributed by atoms with Crippen LogP contribution in [0.25, 0.3) is 0 Å². The van der Waals surface area contributed by atoms with Gasteiger partial charge in [0, 0.05) is 31.6 Å². The van der Waals surface area contributed by atoms with Crippen molar-refractivity contribution in [3.05, 3.63) is 29.3 Å². The Kier molecular flexibility index (Phi) is 5.32. The number of fused-ring (bicyclic) bond motifs is 2. The van der Waals surface area contributed by atoms with E-state index >= 15 is 0 Å².